The van der Waals surface area contributed by atoms with Crippen LogP contribution in [0.1, 0.15) is 39.7 Å². The van der Waals surface area contributed by atoms with E-state index in [4.69, 9.17) is 4.74 Å². The summed E-state index contributed by atoms with van der Waals surface area (Å²) in [5.41, 5.74) is 0.186. The number of hydrogen-bond acceptors (Lipinski definition) is 4. The monoisotopic (exact) mass is 327 g/mol. The van der Waals surface area contributed by atoms with E-state index in [0.717, 1.165) is 6.42 Å². The molecule has 1 aromatic rings. The molecule has 0 aliphatic rings. The van der Waals surface area contributed by atoms with E-state index in [1.807, 2.05) is 20.8 Å². The van der Waals surface area contributed by atoms with Gasteiger partial charge in [0.1, 0.15) is 11.0 Å². The summed E-state index contributed by atoms with van der Waals surface area (Å²) in [6.45, 7) is 7.10. The summed E-state index contributed by atoms with van der Waals surface area (Å²) in [7, 11) is -2.06. The predicted octanol–water partition coefficient (Wildman–Crippen LogP) is 2.30. The first-order chi connectivity index (χ1) is 10.1. The van der Waals surface area contributed by atoms with Gasteiger partial charge >= 0.3 is 0 Å². The standard InChI is InChI=1S/C16H25NO4S/c1-6-16(3,4)17-15(18)12(2)22(19,20)11-13-8-7-9-14(10-13)21-5/h7-10,12H,6,11H2,1-5H3,(H,17,18)/t12-/m1/s1. The minimum absolute atomic E-state index is 0.189. The summed E-state index contributed by atoms with van der Waals surface area (Å²) in [5.74, 6) is -0.0580. The molecule has 0 heterocycles. The van der Waals surface area contributed by atoms with E-state index >= 15 is 0 Å². The van der Waals surface area contributed by atoms with Crippen LogP contribution in [0, 0.1) is 0 Å². The molecule has 5 nitrogen and oxygen atoms in total. The molecular formula is C16H25NO4S. The van der Waals surface area contributed by atoms with Crippen molar-refractivity contribution in [3.63, 3.8) is 0 Å². The number of carbonyl (C=O) groups excluding carboxylic acids is 1. The van der Waals surface area contributed by atoms with E-state index in [-0.39, 0.29) is 5.75 Å². The quantitative estimate of drug-likeness (QED) is 0.834. The van der Waals surface area contributed by atoms with E-state index in [1.54, 1.807) is 24.3 Å². The first kappa shape index (κ1) is 18.5. The molecule has 22 heavy (non-hydrogen) atoms. The Morgan fingerprint density at radius 1 is 1.36 bits per heavy atom. The van der Waals surface area contributed by atoms with Crippen molar-refractivity contribution in [1.29, 1.82) is 0 Å². The number of amides is 1. The average molecular weight is 327 g/mol. The summed E-state index contributed by atoms with van der Waals surface area (Å²) in [6, 6.07) is 6.85. The highest BCUT2D eigenvalue weighted by Gasteiger charge is 2.31. The Morgan fingerprint density at radius 3 is 2.55 bits per heavy atom. The Balaban J connectivity index is 2.86. The lowest BCUT2D eigenvalue weighted by atomic mass is 10.0. The van der Waals surface area contributed by atoms with Crippen molar-refractivity contribution < 1.29 is 17.9 Å². The highest BCUT2D eigenvalue weighted by molar-refractivity contribution is 7.92. The normalized spacial score (nSPS) is 13.5. The summed E-state index contributed by atoms with van der Waals surface area (Å²) >= 11 is 0. The van der Waals surface area contributed by atoms with E-state index in [9.17, 15) is 13.2 Å². The van der Waals surface area contributed by atoms with Gasteiger partial charge in [-0.05, 0) is 44.9 Å². The number of carbonyl (C=O) groups is 1. The van der Waals surface area contributed by atoms with Crippen LogP contribution >= 0.6 is 0 Å². The van der Waals surface area contributed by atoms with Gasteiger partial charge in [0.05, 0.1) is 12.9 Å². The number of benzene rings is 1. The van der Waals surface area contributed by atoms with Crippen molar-refractivity contribution in [2.24, 2.45) is 0 Å². The summed E-state index contributed by atoms with van der Waals surface area (Å²) < 4.78 is 29.9. The van der Waals surface area contributed by atoms with Gasteiger partial charge in [0, 0.05) is 5.54 Å². The Kier molecular flexibility index (Phi) is 6.00. The van der Waals surface area contributed by atoms with Gasteiger partial charge in [-0.3, -0.25) is 4.79 Å². The third kappa shape index (κ3) is 5.02. The fraction of sp³-hybridized carbons (Fsp3) is 0.562. The highest BCUT2D eigenvalue weighted by Crippen LogP contribution is 2.18. The van der Waals surface area contributed by atoms with Crippen molar-refractivity contribution in [2.75, 3.05) is 7.11 Å². The molecule has 0 spiro atoms. The maximum absolute atomic E-state index is 12.4. The van der Waals surface area contributed by atoms with Crippen molar-refractivity contribution in [1.82, 2.24) is 5.32 Å². The first-order valence-corrected chi connectivity index (χ1v) is 8.99. The van der Waals surface area contributed by atoms with Gasteiger partial charge in [-0.15, -0.1) is 0 Å². The lowest BCUT2D eigenvalue weighted by molar-refractivity contribution is -0.122. The van der Waals surface area contributed by atoms with Gasteiger partial charge in [-0.2, -0.15) is 0 Å². The topological polar surface area (TPSA) is 72.5 Å². The van der Waals surface area contributed by atoms with Crippen LogP contribution in [0.2, 0.25) is 0 Å². The van der Waals surface area contributed by atoms with Crippen LogP contribution in [0.15, 0.2) is 24.3 Å². The third-order valence-electron chi connectivity index (χ3n) is 3.76. The minimum atomic E-state index is -3.59. The predicted molar refractivity (Wildman–Crippen MR) is 87.6 cm³/mol. The van der Waals surface area contributed by atoms with E-state index in [0.29, 0.717) is 11.3 Å². The van der Waals surface area contributed by atoms with Crippen LogP contribution in [0.5, 0.6) is 5.75 Å². The van der Waals surface area contributed by atoms with Gasteiger partial charge < -0.3 is 10.1 Å². The lowest BCUT2D eigenvalue weighted by Gasteiger charge is -2.26. The Morgan fingerprint density at radius 2 is 2.00 bits per heavy atom. The maximum Gasteiger partial charge on any atom is 0.238 e. The smallest absolute Gasteiger partial charge is 0.238 e. The number of sulfone groups is 1. The zero-order valence-electron chi connectivity index (χ0n) is 13.8. The molecular weight excluding hydrogens is 302 g/mol. The fourth-order valence-electron chi connectivity index (χ4n) is 1.81. The van der Waals surface area contributed by atoms with Crippen LogP contribution in [0.3, 0.4) is 0 Å². The molecule has 0 aliphatic heterocycles. The molecule has 0 fully saturated rings. The zero-order chi connectivity index (χ0) is 17.0. The maximum atomic E-state index is 12.4. The second-order valence-electron chi connectivity index (χ2n) is 6.03. The number of nitrogens with one attached hydrogen (secondary N) is 1. The molecule has 0 saturated carbocycles. The van der Waals surface area contributed by atoms with Gasteiger partial charge in [0.25, 0.3) is 0 Å². The molecule has 1 amide bonds. The number of rotatable bonds is 7. The molecule has 1 aromatic carbocycles. The van der Waals surface area contributed by atoms with Gasteiger partial charge in [0.2, 0.25) is 5.91 Å². The van der Waals surface area contributed by atoms with E-state index < -0.39 is 26.5 Å². The number of ether oxygens (including phenoxy) is 1. The van der Waals surface area contributed by atoms with Gasteiger partial charge in [0.15, 0.2) is 9.84 Å². The van der Waals surface area contributed by atoms with Crippen LogP contribution in [0.4, 0.5) is 0 Å². The summed E-state index contributed by atoms with van der Waals surface area (Å²) in [4.78, 5) is 12.2. The Hall–Kier alpha value is -1.56. The SMILES string of the molecule is CCC(C)(C)NC(=O)[C@@H](C)S(=O)(=O)Cc1cccc(OC)c1. The van der Waals surface area contributed by atoms with E-state index in [2.05, 4.69) is 5.32 Å². The van der Waals surface area contributed by atoms with Gasteiger partial charge in [-0.25, -0.2) is 8.42 Å². The van der Waals surface area contributed by atoms with Crippen LogP contribution in [-0.2, 0) is 20.4 Å². The van der Waals surface area contributed by atoms with E-state index in [1.165, 1.54) is 14.0 Å². The molecule has 0 aliphatic carbocycles. The molecule has 0 radical (unpaired) electrons. The van der Waals surface area contributed by atoms with Crippen LogP contribution in [-0.4, -0.2) is 32.2 Å². The second-order valence-corrected chi connectivity index (χ2v) is 8.35. The lowest BCUT2D eigenvalue weighted by Crippen LogP contribution is -2.48. The minimum Gasteiger partial charge on any atom is -0.497 e. The largest absolute Gasteiger partial charge is 0.497 e. The third-order valence-corrected chi connectivity index (χ3v) is 5.78. The molecule has 0 saturated heterocycles. The van der Waals surface area contributed by atoms with Crippen molar-refractivity contribution >= 4 is 15.7 Å². The average Bonchev–Trinajstić information content (AvgIpc) is 2.45. The fourth-order valence-corrected chi connectivity index (χ4v) is 3.09. The number of hydrogen-bond donors (Lipinski definition) is 1. The Bertz CT molecular complexity index is 623. The summed E-state index contributed by atoms with van der Waals surface area (Å²) in [6.07, 6.45) is 0.724. The van der Waals surface area contributed by atoms with Gasteiger partial charge in [-0.1, -0.05) is 19.1 Å². The molecule has 0 bridgehead atoms. The molecule has 0 unspecified atom stereocenters. The highest BCUT2D eigenvalue weighted by atomic mass is 32.2. The zero-order valence-corrected chi connectivity index (χ0v) is 14.7. The molecule has 1 atom stereocenters. The van der Waals surface area contributed by atoms with Crippen molar-refractivity contribution in [3.8, 4) is 5.75 Å². The summed E-state index contributed by atoms with van der Waals surface area (Å²) in [5, 5.41) is 1.68. The van der Waals surface area contributed by atoms with Crippen molar-refractivity contribution in [2.45, 2.75) is 50.7 Å². The molecule has 124 valence electrons. The van der Waals surface area contributed by atoms with Crippen molar-refractivity contribution in [3.05, 3.63) is 29.8 Å². The van der Waals surface area contributed by atoms with Crippen LogP contribution < -0.4 is 10.1 Å². The number of methoxy groups -OCH3 is 1. The Labute approximate surface area is 133 Å². The molecule has 6 heteroatoms. The second kappa shape index (κ2) is 7.13. The van der Waals surface area contributed by atoms with Crippen LogP contribution in [0.25, 0.3) is 0 Å². The molecule has 1 N–H and O–H groups in total. The molecule has 1 rings (SSSR count). The first-order valence-electron chi connectivity index (χ1n) is 7.28. The molecule has 0 aromatic heterocycles.